The number of carbonyl (C=O) groups is 2. The van der Waals surface area contributed by atoms with Crippen LogP contribution in [-0.4, -0.2) is 37.0 Å². The number of amides is 1. The van der Waals surface area contributed by atoms with Crippen LogP contribution in [-0.2, 0) is 22.5 Å². The first kappa shape index (κ1) is 17.5. The normalized spacial score (nSPS) is 13.1. The van der Waals surface area contributed by atoms with Gasteiger partial charge >= 0.3 is 5.97 Å². The Morgan fingerprint density at radius 3 is 2.68 bits per heavy atom. The molecule has 0 radical (unpaired) electrons. The number of esters is 1. The topological polar surface area (TPSA) is 55.8 Å². The molecule has 6 heteroatoms. The first-order chi connectivity index (χ1) is 12.1. The molecule has 0 aliphatic carbocycles. The van der Waals surface area contributed by atoms with E-state index in [1.165, 1.54) is 12.7 Å². The minimum atomic E-state index is -0.559. The van der Waals surface area contributed by atoms with Crippen molar-refractivity contribution in [1.29, 1.82) is 0 Å². The largest absolute Gasteiger partial charge is 0.497 e. The summed E-state index contributed by atoms with van der Waals surface area (Å²) in [7, 11) is 1.52. The maximum Gasteiger partial charge on any atom is 0.339 e. The van der Waals surface area contributed by atoms with Gasteiger partial charge in [-0.05, 0) is 51.7 Å². The van der Waals surface area contributed by atoms with Crippen LogP contribution in [0.25, 0.3) is 0 Å². The van der Waals surface area contributed by atoms with Crippen molar-refractivity contribution in [2.45, 2.75) is 13.0 Å². The number of rotatable bonds is 4. The van der Waals surface area contributed by atoms with Gasteiger partial charge in [-0.2, -0.15) is 0 Å². The first-order valence-corrected chi connectivity index (χ1v) is 8.73. The van der Waals surface area contributed by atoms with Crippen molar-refractivity contribution in [2.75, 3.05) is 20.3 Å². The molecule has 0 saturated heterocycles. The predicted molar refractivity (Wildman–Crippen MR) is 96.5 cm³/mol. The number of hydrogen-bond donors (Lipinski definition) is 0. The van der Waals surface area contributed by atoms with E-state index in [0.717, 1.165) is 12.0 Å². The third-order valence-electron chi connectivity index (χ3n) is 4.20. The highest BCUT2D eigenvalue weighted by molar-refractivity contribution is 9.10. The summed E-state index contributed by atoms with van der Waals surface area (Å²) < 4.78 is 10.9. The van der Waals surface area contributed by atoms with Crippen LogP contribution < -0.4 is 4.74 Å². The van der Waals surface area contributed by atoms with Gasteiger partial charge in [0.1, 0.15) is 5.75 Å². The van der Waals surface area contributed by atoms with Gasteiger partial charge in [0.15, 0.2) is 6.61 Å². The van der Waals surface area contributed by atoms with E-state index >= 15 is 0 Å². The second-order valence-electron chi connectivity index (χ2n) is 5.76. The Bertz CT molecular complexity index is 806. The zero-order valence-electron chi connectivity index (χ0n) is 13.8. The van der Waals surface area contributed by atoms with Crippen LogP contribution in [0.15, 0.2) is 46.9 Å². The highest BCUT2D eigenvalue weighted by Gasteiger charge is 2.22. The third-order valence-corrected chi connectivity index (χ3v) is 4.90. The fourth-order valence-electron chi connectivity index (χ4n) is 2.79. The fraction of sp³-hybridized carbons (Fsp3) is 0.263. The molecule has 130 valence electrons. The Morgan fingerprint density at radius 1 is 1.16 bits per heavy atom. The van der Waals surface area contributed by atoms with E-state index in [1.807, 2.05) is 18.2 Å². The van der Waals surface area contributed by atoms with Gasteiger partial charge in [-0.25, -0.2) is 4.79 Å². The molecule has 0 saturated carbocycles. The number of methoxy groups -OCH3 is 1. The molecule has 5 nitrogen and oxygen atoms in total. The SMILES string of the molecule is COc1ccc(Br)c(C(=O)OCC(=O)N2CCc3ccccc3C2)c1. The minimum Gasteiger partial charge on any atom is -0.497 e. The van der Waals surface area contributed by atoms with E-state index in [2.05, 4.69) is 22.0 Å². The lowest BCUT2D eigenvalue weighted by Gasteiger charge is -2.28. The van der Waals surface area contributed by atoms with Crippen LogP contribution >= 0.6 is 15.9 Å². The summed E-state index contributed by atoms with van der Waals surface area (Å²) in [4.78, 5) is 26.3. The minimum absolute atomic E-state index is 0.193. The summed E-state index contributed by atoms with van der Waals surface area (Å²) in [6.07, 6.45) is 0.817. The summed E-state index contributed by atoms with van der Waals surface area (Å²) in [5.41, 5.74) is 2.74. The number of halogens is 1. The molecule has 1 heterocycles. The molecular formula is C19H18BrNO4. The molecule has 0 atom stereocenters. The maximum atomic E-state index is 12.4. The molecule has 0 N–H and O–H groups in total. The molecule has 0 spiro atoms. The van der Waals surface area contributed by atoms with Crippen molar-refractivity contribution in [3.63, 3.8) is 0 Å². The van der Waals surface area contributed by atoms with Gasteiger partial charge in [0, 0.05) is 17.6 Å². The van der Waals surface area contributed by atoms with Crippen LogP contribution in [0, 0.1) is 0 Å². The van der Waals surface area contributed by atoms with Gasteiger partial charge in [-0.1, -0.05) is 24.3 Å². The van der Waals surface area contributed by atoms with E-state index in [4.69, 9.17) is 9.47 Å². The summed E-state index contributed by atoms with van der Waals surface area (Å²) in [5.74, 6) is -0.201. The van der Waals surface area contributed by atoms with Gasteiger partial charge in [0.2, 0.25) is 0 Å². The lowest BCUT2D eigenvalue weighted by Crippen LogP contribution is -2.38. The van der Waals surface area contributed by atoms with Crippen molar-refractivity contribution in [2.24, 2.45) is 0 Å². The van der Waals surface area contributed by atoms with Gasteiger partial charge in [-0.15, -0.1) is 0 Å². The Labute approximate surface area is 154 Å². The Morgan fingerprint density at radius 2 is 1.92 bits per heavy atom. The van der Waals surface area contributed by atoms with Crippen molar-refractivity contribution < 1.29 is 19.1 Å². The number of benzene rings is 2. The molecular weight excluding hydrogens is 386 g/mol. The van der Waals surface area contributed by atoms with Crippen LogP contribution in [0.3, 0.4) is 0 Å². The van der Waals surface area contributed by atoms with Crippen molar-refractivity contribution >= 4 is 27.8 Å². The fourth-order valence-corrected chi connectivity index (χ4v) is 3.20. The zero-order chi connectivity index (χ0) is 17.8. The number of fused-ring (bicyclic) bond motifs is 1. The third kappa shape index (κ3) is 4.02. The first-order valence-electron chi connectivity index (χ1n) is 7.93. The van der Waals surface area contributed by atoms with Gasteiger partial charge < -0.3 is 14.4 Å². The monoisotopic (exact) mass is 403 g/mol. The second kappa shape index (κ2) is 7.70. The predicted octanol–water partition coefficient (Wildman–Crippen LogP) is 3.20. The van der Waals surface area contributed by atoms with Gasteiger partial charge in [0.25, 0.3) is 5.91 Å². The molecule has 2 aromatic carbocycles. The van der Waals surface area contributed by atoms with Crippen LogP contribution in [0.2, 0.25) is 0 Å². The van der Waals surface area contributed by atoms with Crippen LogP contribution in [0.5, 0.6) is 5.75 Å². The molecule has 1 aliphatic rings. The van der Waals surface area contributed by atoms with Gasteiger partial charge in [0.05, 0.1) is 12.7 Å². The van der Waals surface area contributed by atoms with E-state index in [0.29, 0.717) is 28.9 Å². The van der Waals surface area contributed by atoms with Crippen LogP contribution in [0.4, 0.5) is 0 Å². The maximum absolute atomic E-state index is 12.4. The molecule has 0 fully saturated rings. The number of hydrogen-bond acceptors (Lipinski definition) is 4. The molecule has 3 rings (SSSR count). The highest BCUT2D eigenvalue weighted by Crippen LogP contribution is 2.23. The Balaban J connectivity index is 1.60. The molecule has 1 amide bonds. The molecule has 25 heavy (non-hydrogen) atoms. The molecule has 0 bridgehead atoms. The summed E-state index contributed by atoms with van der Waals surface area (Å²) in [6.45, 7) is 0.913. The summed E-state index contributed by atoms with van der Waals surface area (Å²) in [6, 6.07) is 13.1. The van der Waals surface area contributed by atoms with Crippen molar-refractivity contribution in [3.8, 4) is 5.75 Å². The Kier molecular flexibility index (Phi) is 5.38. The molecule has 1 aliphatic heterocycles. The number of nitrogens with zero attached hydrogens (tertiary/aromatic N) is 1. The average molecular weight is 404 g/mol. The summed E-state index contributed by atoms with van der Waals surface area (Å²) in [5, 5.41) is 0. The molecule has 0 aromatic heterocycles. The lowest BCUT2D eigenvalue weighted by molar-refractivity contribution is -0.135. The van der Waals surface area contributed by atoms with Crippen molar-refractivity contribution in [1.82, 2.24) is 4.90 Å². The quantitative estimate of drug-likeness (QED) is 0.735. The number of carbonyl (C=O) groups excluding carboxylic acids is 2. The highest BCUT2D eigenvalue weighted by atomic mass is 79.9. The Hall–Kier alpha value is -2.34. The lowest BCUT2D eigenvalue weighted by atomic mass is 10.00. The van der Waals surface area contributed by atoms with E-state index in [1.54, 1.807) is 23.1 Å². The molecule has 2 aromatic rings. The van der Waals surface area contributed by atoms with E-state index < -0.39 is 5.97 Å². The van der Waals surface area contributed by atoms with Gasteiger partial charge in [-0.3, -0.25) is 4.79 Å². The molecule has 0 unspecified atom stereocenters. The zero-order valence-corrected chi connectivity index (χ0v) is 15.4. The van der Waals surface area contributed by atoms with E-state index in [9.17, 15) is 9.59 Å². The van der Waals surface area contributed by atoms with E-state index in [-0.39, 0.29) is 12.5 Å². The summed E-state index contributed by atoms with van der Waals surface area (Å²) >= 11 is 3.31. The average Bonchev–Trinajstić information content (AvgIpc) is 2.65. The number of ether oxygens (including phenoxy) is 2. The second-order valence-corrected chi connectivity index (χ2v) is 6.61. The van der Waals surface area contributed by atoms with Crippen LogP contribution in [0.1, 0.15) is 21.5 Å². The van der Waals surface area contributed by atoms with Crippen molar-refractivity contribution in [3.05, 3.63) is 63.6 Å². The smallest absolute Gasteiger partial charge is 0.339 e. The standard InChI is InChI=1S/C19H18BrNO4/c1-24-15-6-7-17(20)16(10-15)19(23)25-12-18(22)21-9-8-13-4-2-3-5-14(13)11-21/h2-7,10H,8-9,11-12H2,1H3.